The number of carbonyl (C=O) groups excluding carboxylic acids is 1. The molecule has 0 aliphatic carbocycles. The van der Waals surface area contributed by atoms with Gasteiger partial charge in [0.1, 0.15) is 17.9 Å². The Hall–Kier alpha value is -3.42. The molecule has 2 unspecified atom stereocenters. The molecule has 2 atom stereocenters. The molecule has 0 bridgehead atoms. The summed E-state index contributed by atoms with van der Waals surface area (Å²) < 4.78 is 3.32. The molecule has 0 aliphatic heterocycles. The van der Waals surface area contributed by atoms with Gasteiger partial charge in [0.15, 0.2) is 0 Å². The van der Waals surface area contributed by atoms with Gasteiger partial charge in [-0.3, -0.25) is 19.6 Å². The first-order valence-electron chi connectivity index (χ1n) is 8.60. The van der Waals surface area contributed by atoms with Gasteiger partial charge in [0.05, 0.1) is 11.0 Å². The van der Waals surface area contributed by atoms with Gasteiger partial charge in [-0.15, -0.1) is 0 Å². The maximum absolute atomic E-state index is 12.6. The largest absolute Gasteiger partial charge is 0.348 e. The molecule has 0 fully saturated rings. The molecule has 0 spiro atoms. The van der Waals surface area contributed by atoms with Crippen molar-refractivity contribution in [1.82, 2.24) is 19.7 Å². The van der Waals surface area contributed by atoms with E-state index in [0.717, 1.165) is 11.3 Å². The third-order valence-electron chi connectivity index (χ3n) is 4.50. The monoisotopic (exact) mass is 367 g/mol. The zero-order valence-corrected chi connectivity index (χ0v) is 15.4. The van der Waals surface area contributed by atoms with Crippen molar-refractivity contribution >= 4 is 11.6 Å². The fourth-order valence-corrected chi connectivity index (χ4v) is 2.85. The number of hydrogen-bond donors (Lipinski definition) is 1. The topological polar surface area (TPSA) is 95.0 Å². The van der Waals surface area contributed by atoms with Gasteiger partial charge in [-0.1, -0.05) is 12.1 Å². The fourth-order valence-electron chi connectivity index (χ4n) is 2.85. The van der Waals surface area contributed by atoms with Crippen molar-refractivity contribution in [2.45, 2.75) is 32.9 Å². The maximum Gasteiger partial charge on any atom is 0.309 e. The van der Waals surface area contributed by atoms with E-state index < -0.39 is 11.0 Å². The second kappa shape index (κ2) is 7.45. The van der Waals surface area contributed by atoms with E-state index in [1.807, 2.05) is 60.3 Å². The normalized spacial score (nSPS) is 13.1. The van der Waals surface area contributed by atoms with Gasteiger partial charge in [0.25, 0.3) is 0 Å². The summed E-state index contributed by atoms with van der Waals surface area (Å²) in [5.74, 6) is -0.258. The molecule has 1 aromatic carbocycles. The van der Waals surface area contributed by atoms with Gasteiger partial charge in [-0.2, -0.15) is 5.10 Å². The molecule has 0 saturated carbocycles. The molecule has 8 nitrogen and oxygen atoms in total. The van der Waals surface area contributed by atoms with Crippen molar-refractivity contribution in [3.05, 3.63) is 76.4 Å². The molecule has 0 radical (unpaired) electrons. The van der Waals surface area contributed by atoms with Crippen molar-refractivity contribution in [2.75, 3.05) is 0 Å². The second-order valence-electron chi connectivity index (χ2n) is 6.43. The van der Waals surface area contributed by atoms with E-state index in [1.165, 1.54) is 10.9 Å². The number of nitrogens with one attached hydrogen (secondary N) is 1. The zero-order valence-electron chi connectivity index (χ0n) is 15.4. The summed E-state index contributed by atoms with van der Waals surface area (Å²) in [5.41, 5.74) is 2.16. The number of nitro groups is 1. The fraction of sp³-hybridized carbons (Fsp3) is 0.263. The Morgan fingerprint density at radius 2 is 1.93 bits per heavy atom. The Labute approximate surface area is 156 Å². The van der Waals surface area contributed by atoms with Gasteiger partial charge in [-0.05, 0) is 50.6 Å². The van der Waals surface area contributed by atoms with Crippen molar-refractivity contribution < 1.29 is 9.72 Å². The van der Waals surface area contributed by atoms with Gasteiger partial charge in [-0.25, -0.2) is 0 Å². The van der Waals surface area contributed by atoms with E-state index >= 15 is 0 Å². The Morgan fingerprint density at radius 1 is 1.22 bits per heavy atom. The first-order valence-corrected chi connectivity index (χ1v) is 8.60. The number of hydrogen-bond acceptors (Lipinski definition) is 4. The van der Waals surface area contributed by atoms with Crippen molar-refractivity contribution in [3.63, 3.8) is 0 Å². The van der Waals surface area contributed by atoms with Crippen LogP contribution in [0.1, 0.15) is 37.2 Å². The van der Waals surface area contributed by atoms with E-state index in [4.69, 9.17) is 0 Å². The highest BCUT2D eigenvalue weighted by atomic mass is 16.6. The summed E-state index contributed by atoms with van der Waals surface area (Å²) in [6.45, 7) is 5.11. The van der Waals surface area contributed by atoms with Crippen LogP contribution in [0.4, 0.5) is 5.69 Å². The van der Waals surface area contributed by atoms with E-state index in [1.54, 1.807) is 13.8 Å². The Kier molecular flexibility index (Phi) is 5.07. The predicted molar refractivity (Wildman–Crippen MR) is 101 cm³/mol. The minimum atomic E-state index is -0.660. The summed E-state index contributed by atoms with van der Waals surface area (Å²) >= 11 is 0. The highest BCUT2D eigenvalue weighted by Crippen LogP contribution is 2.20. The lowest BCUT2D eigenvalue weighted by Crippen LogP contribution is -2.33. The molecule has 8 heteroatoms. The molecule has 0 saturated heterocycles. The second-order valence-corrected chi connectivity index (χ2v) is 6.43. The number of amides is 1. The lowest BCUT2D eigenvalue weighted by atomic mass is 10.1. The molecular weight excluding hydrogens is 346 g/mol. The van der Waals surface area contributed by atoms with Gasteiger partial charge in [0, 0.05) is 18.1 Å². The Morgan fingerprint density at radius 3 is 2.56 bits per heavy atom. The zero-order chi connectivity index (χ0) is 19.6. The third kappa shape index (κ3) is 3.89. The average molecular weight is 367 g/mol. The lowest BCUT2D eigenvalue weighted by Gasteiger charge is -2.19. The molecule has 3 aromatic rings. The number of carbonyl (C=O) groups is 1. The molecule has 27 heavy (non-hydrogen) atoms. The van der Waals surface area contributed by atoms with E-state index in [0.29, 0.717) is 0 Å². The third-order valence-corrected chi connectivity index (χ3v) is 4.50. The van der Waals surface area contributed by atoms with E-state index in [2.05, 4.69) is 10.4 Å². The van der Waals surface area contributed by atoms with Crippen LogP contribution in [-0.4, -0.2) is 25.2 Å². The number of benzene rings is 1. The smallest absolute Gasteiger partial charge is 0.309 e. The Bertz CT molecular complexity index is 962. The summed E-state index contributed by atoms with van der Waals surface area (Å²) in [6.07, 6.45) is 5.20. The molecule has 3 rings (SSSR count). The van der Waals surface area contributed by atoms with Crippen molar-refractivity contribution in [1.29, 1.82) is 0 Å². The first kappa shape index (κ1) is 18.4. The van der Waals surface area contributed by atoms with Crippen LogP contribution >= 0.6 is 0 Å². The van der Waals surface area contributed by atoms with Gasteiger partial charge in [0.2, 0.25) is 5.91 Å². The minimum Gasteiger partial charge on any atom is -0.348 e. The number of rotatable bonds is 6. The summed E-state index contributed by atoms with van der Waals surface area (Å²) in [4.78, 5) is 23.1. The Balaban J connectivity index is 1.73. The summed E-state index contributed by atoms with van der Waals surface area (Å²) in [7, 11) is 0. The molecule has 1 amide bonds. The SMILES string of the molecule is Cc1nn(C(C)C(=O)NC(C)c2cccc(-n3cccc3)c2)cc1[N+](=O)[O-]. The molecule has 2 heterocycles. The van der Waals surface area contributed by atoms with Crippen LogP contribution in [0.3, 0.4) is 0 Å². The van der Waals surface area contributed by atoms with Gasteiger partial charge >= 0.3 is 5.69 Å². The van der Waals surface area contributed by atoms with Gasteiger partial charge < -0.3 is 9.88 Å². The lowest BCUT2D eigenvalue weighted by molar-refractivity contribution is -0.385. The van der Waals surface area contributed by atoms with Crippen LogP contribution in [0, 0.1) is 17.0 Å². The van der Waals surface area contributed by atoms with E-state index in [-0.39, 0.29) is 23.3 Å². The molecule has 0 aliphatic rings. The highest BCUT2D eigenvalue weighted by Gasteiger charge is 2.23. The van der Waals surface area contributed by atoms with Crippen molar-refractivity contribution in [3.8, 4) is 5.69 Å². The van der Waals surface area contributed by atoms with Crippen LogP contribution in [-0.2, 0) is 4.79 Å². The predicted octanol–water partition coefficient (Wildman–Crippen LogP) is 3.33. The van der Waals surface area contributed by atoms with Crippen LogP contribution in [0.5, 0.6) is 0 Å². The maximum atomic E-state index is 12.6. The molecule has 2 aromatic heterocycles. The average Bonchev–Trinajstić information content (AvgIpc) is 3.30. The van der Waals surface area contributed by atoms with Crippen LogP contribution in [0.25, 0.3) is 5.69 Å². The number of nitrogens with zero attached hydrogens (tertiary/aromatic N) is 4. The van der Waals surface area contributed by atoms with Crippen LogP contribution in [0.2, 0.25) is 0 Å². The minimum absolute atomic E-state index is 0.0953. The van der Waals surface area contributed by atoms with E-state index in [9.17, 15) is 14.9 Å². The quantitative estimate of drug-likeness (QED) is 0.534. The van der Waals surface area contributed by atoms with Crippen molar-refractivity contribution in [2.24, 2.45) is 0 Å². The van der Waals surface area contributed by atoms with Crippen LogP contribution in [0.15, 0.2) is 55.0 Å². The summed E-state index contributed by atoms with van der Waals surface area (Å²) in [5, 5.41) is 18.0. The van der Waals surface area contributed by atoms with Crippen LogP contribution < -0.4 is 5.32 Å². The molecule has 140 valence electrons. The standard InChI is InChI=1S/C19H21N5O3/c1-13(16-7-6-8-17(11-16)22-9-4-5-10-22)20-19(25)15(3)23-12-18(24(26)27)14(2)21-23/h4-13,15H,1-3H3,(H,20,25). The summed E-state index contributed by atoms with van der Waals surface area (Å²) in [6, 6.07) is 10.9. The highest BCUT2D eigenvalue weighted by molar-refractivity contribution is 5.80. The first-order chi connectivity index (χ1) is 12.9. The molecule has 1 N–H and O–H groups in total. The number of aromatic nitrogens is 3. The number of aryl methyl sites for hydroxylation is 1. The molecular formula is C19H21N5O3.